The van der Waals surface area contributed by atoms with Crippen LogP contribution < -0.4 is 33.9 Å². The van der Waals surface area contributed by atoms with E-state index in [0.29, 0.717) is 71.6 Å². The SMILES string of the molecule is C=C/C(C)=C/CCC(=C)C.CC1=C[C@H]2C(=O)O[C@H]3C[C@@H](C/C=C(\C)C[C@@H](C)/C=C/C=C4\CO[C@H]([C@@H]1O)[C@@]42O)O[C@@]1(CC[C@H](C)[C@@H](C)O1)C3.CC[C@H]1O[C@]2(CC[C@@H]1C)C[C@@H]1C[C@@H](C/C=C(\C)C[C@@H](C)/C=C/C=C3\CO[C@@H]4[C@H](O)C(C)=C[C@@H](C(=O)O1)[C@]34O)O2.C[n+]1ccc(-c2cc[n+](C)cc2)cc1.ClC1(Cl)C2(Cl)C3(Cl)C4(Cl)C(Cl)(Cl)C5(Cl)C3(Cl)C1(Cl)C5(Cl)C24Cl.[Cl-].[Cl-]. The van der Waals surface area contributed by atoms with Gasteiger partial charge in [-0.1, -0.05) is 183 Å². The number of allylic oxidation sites excluding steroid dienone is 12. The number of alkyl halides is 12. The third-order valence-corrected chi connectivity index (χ3v) is 39.7. The van der Waals surface area contributed by atoms with Crippen LogP contribution in [0.5, 0.6) is 0 Å². The highest BCUT2D eigenvalue weighted by atomic mass is 35.5. The van der Waals surface area contributed by atoms with Gasteiger partial charge >= 0.3 is 11.9 Å². The molecule has 0 aromatic carbocycles. The molecule has 20 atom stereocenters. The van der Waals surface area contributed by atoms with Crippen LogP contribution in [0.2, 0.25) is 0 Å². The van der Waals surface area contributed by atoms with Crippen molar-refractivity contribution in [3.63, 3.8) is 0 Å². The van der Waals surface area contributed by atoms with Crippen molar-refractivity contribution in [3.05, 3.63) is 180 Å². The van der Waals surface area contributed by atoms with Crippen molar-refractivity contribution >= 4 is 151 Å². The zero-order valence-electron chi connectivity index (χ0n) is 73.3. The van der Waals surface area contributed by atoms with Crippen molar-refractivity contribution in [2.45, 2.75) is 311 Å². The van der Waals surface area contributed by atoms with Gasteiger partial charge in [0.05, 0.1) is 37.6 Å². The number of aryl methyl sites for hydroxylation is 2. The molecule has 10 heterocycles. The number of hydrogen-bond acceptors (Lipinski definition) is 14. The molecule has 4 N–H and O–H groups in total. The van der Waals surface area contributed by atoms with Crippen molar-refractivity contribution in [1.29, 1.82) is 0 Å². The maximum atomic E-state index is 13.9. The summed E-state index contributed by atoms with van der Waals surface area (Å²) in [4.78, 5) is 13.3. The fourth-order valence-corrected chi connectivity index (χ4v) is 32.1. The van der Waals surface area contributed by atoms with Crippen LogP contribution in [0.25, 0.3) is 11.1 Å². The molecule has 8 aliphatic heterocycles. The normalized spacial score (nSPS) is 46.4. The van der Waals surface area contributed by atoms with E-state index in [1.54, 1.807) is 26.0 Å². The molecule has 12 fully saturated rings. The number of pyridine rings is 2. The van der Waals surface area contributed by atoms with Gasteiger partial charge in [-0.3, -0.25) is 9.59 Å². The van der Waals surface area contributed by atoms with Gasteiger partial charge in [-0.2, -0.15) is 0 Å². The fourth-order valence-electron chi connectivity index (χ4n) is 22.0. The number of carbonyl (C=O) groups excluding carboxylic acids is 2. The predicted octanol–water partition coefficient (Wildman–Crippen LogP) is 14.2. The third-order valence-electron chi connectivity index (χ3n) is 28.9. The lowest BCUT2D eigenvalue weighted by Crippen LogP contribution is -3.03. The second-order valence-corrected chi connectivity index (χ2v) is 44.8. The summed E-state index contributed by atoms with van der Waals surface area (Å²) in [5.41, 5.74) is 6.57. The lowest BCUT2D eigenvalue weighted by Gasteiger charge is -2.81. The van der Waals surface area contributed by atoms with Gasteiger partial charge in [-0.05, 0) is 163 Å². The van der Waals surface area contributed by atoms with Crippen LogP contribution in [0.1, 0.15) is 179 Å². The van der Waals surface area contributed by atoms with Gasteiger partial charge in [0.25, 0.3) is 0 Å². The minimum absolute atomic E-state index is 0. The quantitative estimate of drug-likeness (QED) is 0.0701. The topological polar surface area (TPSA) is 197 Å². The van der Waals surface area contributed by atoms with E-state index in [1.165, 1.54) is 33.4 Å². The summed E-state index contributed by atoms with van der Waals surface area (Å²) in [5, 5.41) is 45.7. The number of ether oxygens (including phenoxy) is 8. The molecular weight excluding hydrogens is 1890 g/mol. The zero-order chi connectivity index (χ0) is 90.1. The summed E-state index contributed by atoms with van der Waals surface area (Å²) in [6.45, 7) is 32.7. The summed E-state index contributed by atoms with van der Waals surface area (Å²) >= 11 is 80.0. The molecule has 16 nitrogen and oxygen atoms in total. The highest BCUT2D eigenvalue weighted by Gasteiger charge is 3.32. The second-order valence-electron chi connectivity index (χ2n) is 37.7. The lowest BCUT2D eigenvalue weighted by atomic mass is 9.41. The van der Waals surface area contributed by atoms with Crippen LogP contribution in [0.3, 0.4) is 0 Å². The average Bonchev–Trinajstić information content (AvgIpc) is 1.32. The molecule has 8 aliphatic carbocycles. The maximum absolute atomic E-state index is 13.9. The molecule has 6 saturated heterocycles. The number of esters is 2. The summed E-state index contributed by atoms with van der Waals surface area (Å²) in [6, 6.07) is 8.48. The molecule has 18 rings (SSSR count). The van der Waals surface area contributed by atoms with Crippen molar-refractivity contribution < 1.29 is 102 Å². The van der Waals surface area contributed by atoms with Crippen molar-refractivity contribution in [3.8, 4) is 11.1 Å². The summed E-state index contributed by atoms with van der Waals surface area (Å²) in [7, 11) is 4.05. The average molecular weight is 2010 g/mol. The van der Waals surface area contributed by atoms with Crippen LogP contribution in [0.4, 0.5) is 0 Å². The minimum Gasteiger partial charge on any atom is -1.00 e. The van der Waals surface area contributed by atoms with Crippen molar-refractivity contribution in [1.82, 2.24) is 0 Å². The second kappa shape index (κ2) is 38.0. The molecule has 0 unspecified atom stereocenters. The monoisotopic (exact) mass is 2000 g/mol. The summed E-state index contributed by atoms with van der Waals surface area (Å²) in [5.74, 6) is -3.05. The Bertz CT molecular complexity index is 4500. The van der Waals surface area contributed by atoms with Gasteiger partial charge in [0.15, 0.2) is 45.0 Å². The first-order chi connectivity index (χ1) is 57.5. The Kier molecular flexibility index (Phi) is 31.4. The van der Waals surface area contributed by atoms with E-state index in [4.69, 9.17) is 177 Å². The largest absolute Gasteiger partial charge is 1.00 e. The van der Waals surface area contributed by atoms with E-state index in [-0.39, 0.29) is 62.4 Å². The van der Waals surface area contributed by atoms with Gasteiger partial charge in [-0.15, -0.1) is 99.4 Å². The number of carbonyl (C=O) groups is 2. The Labute approximate surface area is 810 Å². The van der Waals surface area contributed by atoms with Crippen LogP contribution in [0.15, 0.2) is 180 Å². The fraction of sp³-hybridized carbons (Fsp3) is 0.642. The Morgan fingerprint density at radius 2 is 0.928 bits per heavy atom. The number of aliphatic hydroxyl groups excluding tert-OH is 2. The highest BCUT2D eigenvalue weighted by Crippen LogP contribution is 3.13. The van der Waals surface area contributed by atoms with E-state index in [9.17, 15) is 30.0 Å². The van der Waals surface area contributed by atoms with Crippen LogP contribution >= 0.6 is 139 Å². The molecular formula is C95H120Cl14N2O14. The molecule has 16 aliphatic rings. The number of nitrogens with zero attached hydrogens (tertiary/aromatic N) is 2. The number of aromatic nitrogens is 2. The molecule has 125 heavy (non-hydrogen) atoms. The van der Waals surface area contributed by atoms with Gasteiger partial charge in [0.2, 0.25) is 0 Å². The summed E-state index contributed by atoms with van der Waals surface area (Å²) < 4.78 is 50.9. The Morgan fingerprint density at radius 3 is 1.29 bits per heavy atom. The van der Waals surface area contributed by atoms with Crippen LogP contribution in [-0.4, -0.2) is 177 Å². The predicted molar refractivity (Wildman–Crippen MR) is 490 cm³/mol. The minimum atomic E-state index is -1.92. The van der Waals surface area contributed by atoms with Crippen molar-refractivity contribution in [2.75, 3.05) is 13.2 Å². The number of hydrogen-bond donors (Lipinski definition) is 4. The third kappa shape index (κ3) is 16.0. The lowest BCUT2D eigenvalue weighted by molar-refractivity contribution is -0.671. The number of rotatable bonds is 6. The molecule has 2 spiro atoms. The van der Waals surface area contributed by atoms with E-state index in [1.807, 2.05) is 53.6 Å². The van der Waals surface area contributed by atoms with Crippen LogP contribution in [0, 0.1) is 35.5 Å². The van der Waals surface area contributed by atoms with Crippen molar-refractivity contribution in [2.24, 2.45) is 49.6 Å². The van der Waals surface area contributed by atoms with E-state index in [0.717, 1.165) is 70.6 Å². The Balaban J connectivity index is 0.000000163. The molecule has 692 valence electrons. The molecule has 2 aromatic heterocycles. The number of halogens is 14. The first-order valence-electron chi connectivity index (χ1n) is 43.2. The molecule has 30 heteroatoms. The van der Waals surface area contributed by atoms with Crippen LogP contribution in [-0.2, 0) is 61.6 Å². The molecule has 0 radical (unpaired) electrons. The van der Waals surface area contributed by atoms with Gasteiger partial charge in [0, 0.05) is 62.8 Å². The first-order valence-corrected chi connectivity index (χ1v) is 47.7. The zero-order valence-corrected chi connectivity index (χ0v) is 83.9. The molecule has 6 saturated carbocycles. The number of fused-ring (bicyclic) bond motifs is 4. The highest BCUT2D eigenvalue weighted by molar-refractivity contribution is 6.82. The smallest absolute Gasteiger partial charge is 0.316 e. The summed E-state index contributed by atoms with van der Waals surface area (Å²) in [6.07, 6.45) is 39.0. The Hall–Kier alpha value is -1.96. The van der Waals surface area contributed by atoms with E-state index >= 15 is 0 Å². The maximum Gasteiger partial charge on any atom is 0.316 e. The molecule has 8 bridgehead atoms. The van der Waals surface area contributed by atoms with Gasteiger partial charge < -0.3 is 83.1 Å². The standard InChI is InChI=1S/C32H46O7.C31H44O7.C12H14N2.C10Cl12.C10H16.2ClH/c1-6-27-21(4)12-13-31(39-27)17-25-16-24(38-31)11-10-20(3)14-19(2)8-7-9-23-18-36-29-28(33)22(5)15-26(30(34)37-25)32(23,29)35;1-18-7-6-8-23-17-35-28-27(32)21(4)14-26(31(23,28)34)29(33)36-25-15-24(10-9-19(2)13-18)38-30(16-25)12-11-20(3)22(5)37-30;1-13-7-3-11(4-8-13)12-5-9-14(2)10-6-12;11-1-2(12)7(17)4(14)3(13,5(1,15)9(7,19)20)6(1,16)10(21,22)8(2,4)18;1-5-10(4)8-6-7-9(2)3;;/h7-10,15,19,21,24-29,33,35H,6,11-14,16-18H2,1-5H3;6-9,14,18,20,22,24-28,32,34H,10-13,15-17H2,1-5H3;3-10H,1-2H3;;5,8H,1-2,6-7H2,3-4H3;2*1H/q;;+2;;;;/p-2/b8-7+,20-10+,23-9+;7-6+,19-9+,23-8+;;;10-8+;;/t19-,21-,24+,25-,26-,27+,28+,29+,31+,32+;18-,20-,22+,24+,25-,26-,27+,28+,30-,31+;;;;;/m00...../s1. The van der Waals surface area contributed by atoms with Gasteiger partial charge in [0.1, 0.15) is 113 Å². The first kappa shape index (κ1) is 104. The number of aliphatic hydroxyl groups is 4. The van der Waals surface area contributed by atoms with E-state index in [2.05, 4.69) is 162 Å². The molecule has 0 amide bonds. The van der Waals surface area contributed by atoms with Gasteiger partial charge in [-0.25, -0.2) is 9.13 Å². The Morgan fingerprint density at radius 1 is 0.552 bits per heavy atom. The molecule has 2 aromatic rings. The van der Waals surface area contributed by atoms with E-state index < -0.39 is 131 Å².